The molecule has 1 atom stereocenters. The first-order valence-corrected chi connectivity index (χ1v) is 5.10. The highest BCUT2D eigenvalue weighted by Gasteiger charge is 2.20. The Hall–Kier alpha value is -0.410. The van der Waals surface area contributed by atoms with Crippen LogP contribution >= 0.6 is 0 Å². The molecule has 0 bridgehead atoms. The lowest BCUT2D eigenvalue weighted by molar-refractivity contribution is -0.120. The summed E-state index contributed by atoms with van der Waals surface area (Å²) in [7, 11) is 0. The normalized spacial score (nSPS) is 21.4. The van der Waals surface area contributed by atoms with Gasteiger partial charge in [-0.25, -0.2) is 0 Å². The van der Waals surface area contributed by atoms with Crippen LogP contribution in [0.2, 0.25) is 0 Å². The number of ether oxygens (including phenoxy) is 1. The van der Waals surface area contributed by atoms with Gasteiger partial charge in [0.05, 0.1) is 6.04 Å². The van der Waals surface area contributed by atoms with Crippen molar-refractivity contribution < 1.29 is 9.53 Å². The molecule has 2 N–H and O–H groups in total. The van der Waals surface area contributed by atoms with Crippen molar-refractivity contribution in [1.29, 1.82) is 0 Å². The van der Waals surface area contributed by atoms with Gasteiger partial charge in [0.2, 0.25) is 0 Å². The highest BCUT2D eigenvalue weighted by molar-refractivity contribution is 5.83. The molecule has 0 saturated carbocycles. The van der Waals surface area contributed by atoms with Gasteiger partial charge >= 0.3 is 0 Å². The Labute approximate surface area is 79.6 Å². The molecule has 1 saturated heterocycles. The fourth-order valence-corrected chi connectivity index (χ4v) is 1.73. The van der Waals surface area contributed by atoms with E-state index in [1.807, 2.05) is 6.92 Å². The topological polar surface area (TPSA) is 52.3 Å². The van der Waals surface area contributed by atoms with Crippen LogP contribution in [0, 0.1) is 5.92 Å². The van der Waals surface area contributed by atoms with Gasteiger partial charge in [0, 0.05) is 19.6 Å². The maximum Gasteiger partial charge on any atom is 0.149 e. The molecule has 0 aliphatic carbocycles. The summed E-state index contributed by atoms with van der Waals surface area (Å²) in [6.45, 7) is 3.53. The van der Waals surface area contributed by atoms with Crippen LogP contribution in [0.5, 0.6) is 0 Å². The Kier molecular flexibility index (Phi) is 4.39. The molecule has 0 aromatic heterocycles. The lowest BCUT2D eigenvalue weighted by Gasteiger charge is -2.24. The van der Waals surface area contributed by atoms with E-state index in [0.717, 1.165) is 32.5 Å². The van der Waals surface area contributed by atoms with Crippen molar-refractivity contribution in [3.05, 3.63) is 0 Å². The highest BCUT2D eigenvalue weighted by atomic mass is 16.5. The van der Waals surface area contributed by atoms with Crippen molar-refractivity contribution >= 4 is 5.78 Å². The number of Topliss-reactive ketones (excluding diaryl/α,β-unsaturated/α-hetero) is 1. The van der Waals surface area contributed by atoms with E-state index < -0.39 is 0 Å². The smallest absolute Gasteiger partial charge is 0.149 e. The molecular weight excluding hydrogens is 166 g/mol. The predicted octanol–water partition coefficient (Wildman–Crippen LogP) is 1.11. The number of hydrogen-bond donors (Lipinski definition) is 1. The summed E-state index contributed by atoms with van der Waals surface area (Å²) in [5, 5.41) is 0. The van der Waals surface area contributed by atoms with Gasteiger partial charge in [-0.2, -0.15) is 0 Å². The lowest BCUT2D eigenvalue weighted by atomic mass is 9.91. The van der Waals surface area contributed by atoms with Crippen LogP contribution in [0.15, 0.2) is 0 Å². The third kappa shape index (κ3) is 3.44. The lowest BCUT2D eigenvalue weighted by Crippen LogP contribution is -2.33. The molecular formula is C10H19NO2. The van der Waals surface area contributed by atoms with E-state index in [-0.39, 0.29) is 11.8 Å². The average Bonchev–Trinajstić information content (AvgIpc) is 2.18. The molecule has 0 aromatic rings. The van der Waals surface area contributed by atoms with E-state index in [4.69, 9.17) is 10.5 Å². The first-order chi connectivity index (χ1) is 6.24. The van der Waals surface area contributed by atoms with Gasteiger partial charge in [0.25, 0.3) is 0 Å². The molecule has 0 spiro atoms. The van der Waals surface area contributed by atoms with Crippen LogP contribution in [-0.2, 0) is 9.53 Å². The number of carbonyl (C=O) groups excluding carboxylic acids is 1. The Morgan fingerprint density at radius 3 is 2.69 bits per heavy atom. The van der Waals surface area contributed by atoms with Crippen LogP contribution in [0.25, 0.3) is 0 Å². The van der Waals surface area contributed by atoms with E-state index in [0.29, 0.717) is 12.3 Å². The average molecular weight is 185 g/mol. The zero-order valence-corrected chi connectivity index (χ0v) is 8.29. The fourth-order valence-electron chi connectivity index (χ4n) is 1.73. The van der Waals surface area contributed by atoms with Gasteiger partial charge in [0.1, 0.15) is 5.78 Å². The summed E-state index contributed by atoms with van der Waals surface area (Å²) in [4.78, 5) is 11.2. The first kappa shape index (κ1) is 10.7. The van der Waals surface area contributed by atoms with Crippen molar-refractivity contribution in [2.75, 3.05) is 13.2 Å². The third-order valence-corrected chi connectivity index (χ3v) is 2.69. The number of nitrogens with two attached hydrogens (primary N) is 1. The Balaban J connectivity index is 2.25. The van der Waals surface area contributed by atoms with Crippen molar-refractivity contribution in [2.45, 2.75) is 38.6 Å². The fraction of sp³-hybridized carbons (Fsp3) is 0.900. The molecule has 1 unspecified atom stereocenters. The minimum atomic E-state index is -0.243. The van der Waals surface area contributed by atoms with Gasteiger partial charge in [-0.3, -0.25) is 4.79 Å². The zero-order chi connectivity index (χ0) is 9.68. The van der Waals surface area contributed by atoms with Crippen molar-refractivity contribution in [3.8, 4) is 0 Å². The highest BCUT2D eigenvalue weighted by Crippen LogP contribution is 2.19. The molecule has 13 heavy (non-hydrogen) atoms. The van der Waals surface area contributed by atoms with Gasteiger partial charge in [-0.15, -0.1) is 0 Å². The number of hydrogen-bond acceptors (Lipinski definition) is 3. The summed E-state index contributed by atoms with van der Waals surface area (Å²) in [5.41, 5.74) is 5.77. The molecule has 3 heteroatoms. The second-order valence-electron chi connectivity index (χ2n) is 3.72. The zero-order valence-electron chi connectivity index (χ0n) is 8.29. The number of rotatable bonds is 4. The summed E-state index contributed by atoms with van der Waals surface area (Å²) in [6, 6.07) is -0.243. The molecule has 0 aromatic carbocycles. The van der Waals surface area contributed by atoms with Crippen LogP contribution in [0.3, 0.4) is 0 Å². The number of ketones is 1. The molecule has 1 fully saturated rings. The molecule has 1 aliphatic rings. The molecule has 1 heterocycles. The summed E-state index contributed by atoms with van der Waals surface area (Å²) < 4.78 is 5.24. The molecule has 3 nitrogen and oxygen atoms in total. The first-order valence-electron chi connectivity index (χ1n) is 5.10. The van der Waals surface area contributed by atoms with Gasteiger partial charge in [0.15, 0.2) is 0 Å². The van der Waals surface area contributed by atoms with E-state index in [9.17, 15) is 4.79 Å². The van der Waals surface area contributed by atoms with Gasteiger partial charge in [-0.1, -0.05) is 6.92 Å². The standard InChI is InChI=1S/C10H19NO2/c1-2-10(12)9(11)7-8-3-5-13-6-4-8/h8-9H,2-7,11H2,1H3. The van der Waals surface area contributed by atoms with Crippen LogP contribution in [0.1, 0.15) is 32.6 Å². The van der Waals surface area contributed by atoms with E-state index in [2.05, 4.69) is 0 Å². The van der Waals surface area contributed by atoms with Gasteiger partial charge < -0.3 is 10.5 Å². The van der Waals surface area contributed by atoms with Crippen molar-refractivity contribution in [3.63, 3.8) is 0 Å². The molecule has 1 rings (SSSR count). The Morgan fingerprint density at radius 1 is 1.54 bits per heavy atom. The van der Waals surface area contributed by atoms with Crippen LogP contribution < -0.4 is 5.73 Å². The van der Waals surface area contributed by atoms with E-state index in [1.165, 1.54) is 0 Å². The second-order valence-corrected chi connectivity index (χ2v) is 3.72. The SMILES string of the molecule is CCC(=O)C(N)CC1CCOCC1. The van der Waals surface area contributed by atoms with Crippen molar-refractivity contribution in [1.82, 2.24) is 0 Å². The Morgan fingerprint density at radius 2 is 2.15 bits per heavy atom. The summed E-state index contributed by atoms with van der Waals surface area (Å²) in [5.74, 6) is 0.783. The largest absolute Gasteiger partial charge is 0.381 e. The monoisotopic (exact) mass is 185 g/mol. The van der Waals surface area contributed by atoms with E-state index >= 15 is 0 Å². The predicted molar refractivity (Wildman–Crippen MR) is 51.4 cm³/mol. The van der Waals surface area contributed by atoms with Crippen molar-refractivity contribution in [2.24, 2.45) is 11.7 Å². The summed E-state index contributed by atoms with van der Waals surface area (Å²) >= 11 is 0. The molecule has 76 valence electrons. The quantitative estimate of drug-likeness (QED) is 0.713. The molecule has 0 amide bonds. The Bertz CT molecular complexity index is 164. The van der Waals surface area contributed by atoms with Crippen LogP contribution in [0.4, 0.5) is 0 Å². The third-order valence-electron chi connectivity index (χ3n) is 2.69. The number of carbonyl (C=O) groups is 1. The maximum absolute atomic E-state index is 11.2. The molecule has 1 aliphatic heterocycles. The van der Waals surface area contributed by atoms with Gasteiger partial charge in [-0.05, 0) is 25.2 Å². The summed E-state index contributed by atoms with van der Waals surface area (Å²) in [6.07, 6.45) is 3.52. The van der Waals surface area contributed by atoms with Crippen LogP contribution in [-0.4, -0.2) is 25.0 Å². The maximum atomic E-state index is 11.2. The second kappa shape index (κ2) is 5.35. The minimum Gasteiger partial charge on any atom is -0.381 e. The minimum absolute atomic E-state index is 0.187. The van der Waals surface area contributed by atoms with E-state index in [1.54, 1.807) is 0 Å². The molecule has 0 radical (unpaired) electrons.